The van der Waals surface area contributed by atoms with Crippen molar-refractivity contribution < 1.29 is 23.4 Å². The summed E-state index contributed by atoms with van der Waals surface area (Å²) in [7, 11) is 0. The van der Waals surface area contributed by atoms with Gasteiger partial charge < -0.3 is 14.6 Å². The second-order valence-electron chi connectivity index (χ2n) is 8.20. The number of likely N-dealkylation sites (tertiary alicyclic amines) is 1. The fourth-order valence-corrected chi connectivity index (χ4v) is 4.30. The fraction of sp³-hybridized carbons (Fsp3) is 0.185. The summed E-state index contributed by atoms with van der Waals surface area (Å²) in [5.41, 5.74) is 4.16. The molecule has 2 aliphatic rings. The van der Waals surface area contributed by atoms with Crippen molar-refractivity contribution in [3.05, 3.63) is 107 Å². The van der Waals surface area contributed by atoms with E-state index in [1.54, 1.807) is 42.7 Å². The number of hydrogen-bond acceptors (Lipinski definition) is 4. The van der Waals surface area contributed by atoms with Gasteiger partial charge in [-0.3, -0.25) is 4.90 Å². The van der Waals surface area contributed by atoms with Crippen molar-refractivity contribution in [2.75, 3.05) is 19.6 Å². The van der Waals surface area contributed by atoms with Gasteiger partial charge in [0.1, 0.15) is 23.6 Å². The Morgan fingerprint density at radius 1 is 0.818 bits per heavy atom. The molecule has 1 saturated heterocycles. The molecule has 2 heterocycles. The van der Waals surface area contributed by atoms with Crippen molar-refractivity contribution in [3.63, 3.8) is 0 Å². The van der Waals surface area contributed by atoms with Gasteiger partial charge in [0, 0.05) is 19.2 Å². The van der Waals surface area contributed by atoms with E-state index in [0.717, 1.165) is 42.6 Å². The van der Waals surface area contributed by atoms with Gasteiger partial charge in [0.25, 0.3) is 0 Å². The molecule has 3 aromatic rings. The first kappa shape index (κ1) is 21.2. The van der Waals surface area contributed by atoms with E-state index >= 15 is 0 Å². The van der Waals surface area contributed by atoms with Crippen LogP contribution in [0.4, 0.5) is 8.78 Å². The normalized spacial score (nSPS) is 15.8. The Hall–Kier alpha value is -3.64. The van der Waals surface area contributed by atoms with Gasteiger partial charge in [0.15, 0.2) is 17.3 Å². The quantitative estimate of drug-likeness (QED) is 0.542. The van der Waals surface area contributed by atoms with E-state index in [2.05, 4.69) is 4.90 Å². The van der Waals surface area contributed by atoms with Crippen molar-refractivity contribution in [2.24, 2.45) is 0 Å². The summed E-state index contributed by atoms with van der Waals surface area (Å²) in [6.45, 7) is 2.25. The molecular formula is C27H23F2NO3. The molecule has 0 spiro atoms. The summed E-state index contributed by atoms with van der Waals surface area (Å²) in [5, 5.41) is 9.57. The number of halogens is 2. The Morgan fingerprint density at radius 3 is 2.03 bits per heavy atom. The SMILES string of the molecule is Oc1ccc2c(c1)OC=C(CN1CCC(=C(c3ccc(F)cc3)c3ccc(F)cc3)CC1)O2. The Kier molecular flexibility index (Phi) is 5.84. The molecule has 0 bridgehead atoms. The van der Waals surface area contributed by atoms with Crippen molar-refractivity contribution in [3.8, 4) is 17.2 Å². The van der Waals surface area contributed by atoms with Crippen LogP contribution >= 0.6 is 0 Å². The molecule has 0 radical (unpaired) electrons. The summed E-state index contributed by atoms with van der Waals surface area (Å²) in [5.74, 6) is 1.35. The first-order valence-corrected chi connectivity index (χ1v) is 10.9. The van der Waals surface area contributed by atoms with Gasteiger partial charge >= 0.3 is 0 Å². The number of aromatic hydroxyl groups is 1. The highest BCUT2D eigenvalue weighted by molar-refractivity contribution is 5.82. The molecule has 0 aliphatic carbocycles. The number of hydrogen-bond donors (Lipinski definition) is 1. The predicted octanol–water partition coefficient (Wildman–Crippen LogP) is 5.88. The van der Waals surface area contributed by atoms with Crippen LogP contribution in [0.5, 0.6) is 17.2 Å². The van der Waals surface area contributed by atoms with Crippen LogP contribution in [0.1, 0.15) is 24.0 Å². The van der Waals surface area contributed by atoms with Crippen LogP contribution < -0.4 is 9.47 Å². The van der Waals surface area contributed by atoms with Crippen molar-refractivity contribution in [2.45, 2.75) is 12.8 Å². The fourth-order valence-electron chi connectivity index (χ4n) is 4.30. The molecule has 6 heteroatoms. The van der Waals surface area contributed by atoms with Crippen LogP contribution in [-0.4, -0.2) is 29.6 Å². The number of nitrogens with zero attached hydrogens (tertiary/aromatic N) is 1. The molecule has 0 unspecified atom stereocenters. The Labute approximate surface area is 191 Å². The molecule has 0 atom stereocenters. The van der Waals surface area contributed by atoms with E-state index in [1.165, 1.54) is 35.9 Å². The van der Waals surface area contributed by atoms with E-state index in [-0.39, 0.29) is 17.4 Å². The maximum Gasteiger partial charge on any atom is 0.172 e. The van der Waals surface area contributed by atoms with E-state index in [1.807, 2.05) is 0 Å². The van der Waals surface area contributed by atoms with Gasteiger partial charge in [0.2, 0.25) is 0 Å². The van der Waals surface area contributed by atoms with E-state index in [0.29, 0.717) is 23.8 Å². The van der Waals surface area contributed by atoms with Crippen molar-refractivity contribution in [1.82, 2.24) is 4.90 Å². The lowest BCUT2D eigenvalue weighted by Crippen LogP contribution is -2.34. The summed E-state index contributed by atoms with van der Waals surface area (Å²) in [6.07, 6.45) is 3.25. The third-order valence-electron chi connectivity index (χ3n) is 5.94. The lowest BCUT2D eigenvalue weighted by molar-refractivity contribution is 0.224. The topological polar surface area (TPSA) is 41.9 Å². The molecule has 1 N–H and O–H groups in total. The summed E-state index contributed by atoms with van der Waals surface area (Å²) < 4.78 is 38.6. The van der Waals surface area contributed by atoms with Crippen LogP contribution in [0.25, 0.3) is 5.57 Å². The standard InChI is InChI=1S/C27H23F2NO3/c28-21-5-1-18(2-6-21)27(19-3-7-22(29)8-4-19)20-11-13-30(14-12-20)16-24-17-32-26-15-23(31)9-10-25(26)33-24/h1-10,15,17,31H,11-14,16H2. The number of piperidine rings is 1. The van der Waals surface area contributed by atoms with Gasteiger partial charge in [-0.1, -0.05) is 29.8 Å². The van der Waals surface area contributed by atoms with Gasteiger partial charge in [-0.15, -0.1) is 0 Å². The monoisotopic (exact) mass is 447 g/mol. The molecule has 168 valence electrons. The summed E-state index contributed by atoms with van der Waals surface area (Å²) in [4.78, 5) is 2.29. The van der Waals surface area contributed by atoms with Gasteiger partial charge in [-0.05, 0) is 65.9 Å². The highest BCUT2D eigenvalue weighted by Crippen LogP contribution is 2.36. The predicted molar refractivity (Wildman–Crippen MR) is 122 cm³/mol. The molecule has 0 saturated carbocycles. The number of phenolic OH excluding ortho intramolecular Hbond substituents is 1. The summed E-state index contributed by atoms with van der Waals surface area (Å²) >= 11 is 0. The molecule has 33 heavy (non-hydrogen) atoms. The molecular weight excluding hydrogens is 424 g/mol. The van der Waals surface area contributed by atoms with Gasteiger partial charge in [-0.2, -0.15) is 0 Å². The second-order valence-corrected chi connectivity index (χ2v) is 8.20. The number of fused-ring (bicyclic) bond motifs is 1. The Balaban J connectivity index is 1.32. The highest BCUT2D eigenvalue weighted by Gasteiger charge is 2.22. The van der Waals surface area contributed by atoms with Crippen LogP contribution in [0.3, 0.4) is 0 Å². The molecule has 2 aliphatic heterocycles. The van der Waals surface area contributed by atoms with Gasteiger partial charge in [0.05, 0.1) is 6.54 Å². The number of phenols is 1. The Morgan fingerprint density at radius 2 is 1.42 bits per heavy atom. The van der Waals surface area contributed by atoms with Crippen molar-refractivity contribution in [1.29, 1.82) is 0 Å². The average Bonchev–Trinajstić information content (AvgIpc) is 2.83. The van der Waals surface area contributed by atoms with Crippen LogP contribution in [-0.2, 0) is 0 Å². The zero-order valence-corrected chi connectivity index (χ0v) is 17.9. The third kappa shape index (κ3) is 4.76. The zero-order valence-electron chi connectivity index (χ0n) is 17.9. The van der Waals surface area contributed by atoms with Crippen LogP contribution in [0.2, 0.25) is 0 Å². The first-order chi connectivity index (χ1) is 16.0. The van der Waals surface area contributed by atoms with Gasteiger partial charge in [-0.25, -0.2) is 8.78 Å². The molecule has 5 rings (SSSR count). The van der Waals surface area contributed by atoms with E-state index in [9.17, 15) is 13.9 Å². The molecule has 0 aromatic heterocycles. The largest absolute Gasteiger partial charge is 0.508 e. The smallest absolute Gasteiger partial charge is 0.172 e. The highest BCUT2D eigenvalue weighted by atomic mass is 19.1. The maximum atomic E-state index is 13.5. The molecule has 1 fully saturated rings. The minimum absolute atomic E-state index is 0.127. The summed E-state index contributed by atoms with van der Waals surface area (Å²) in [6, 6.07) is 17.7. The van der Waals surface area contributed by atoms with Crippen LogP contribution in [0, 0.1) is 11.6 Å². The number of benzene rings is 3. The average molecular weight is 447 g/mol. The molecule has 3 aromatic carbocycles. The molecule has 0 amide bonds. The van der Waals surface area contributed by atoms with Crippen LogP contribution in [0.15, 0.2) is 84.3 Å². The van der Waals surface area contributed by atoms with E-state index < -0.39 is 0 Å². The minimum atomic E-state index is -0.281. The molecule has 4 nitrogen and oxygen atoms in total. The Bertz CT molecular complexity index is 1160. The number of rotatable bonds is 4. The van der Waals surface area contributed by atoms with Crippen molar-refractivity contribution >= 4 is 5.57 Å². The lowest BCUT2D eigenvalue weighted by Gasteiger charge is -2.31. The minimum Gasteiger partial charge on any atom is -0.508 e. The maximum absolute atomic E-state index is 13.5. The second kappa shape index (κ2) is 9.08. The number of ether oxygens (including phenoxy) is 2. The third-order valence-corrected chi connectivity index (χ3v) is 5.94. The first-order valence-electron chi connectivity index (χ1n) is 10.9. The zero-order chi connectivity index (χ0) is 22.8. The van der Waals surface area contributed by atoms with E-state index in [4.69, 9.17) is 9.47 Å². The lowest BCUT2D eigenvalue weighted by atomic mass is 9.88.